The molecule has 1 heterocycles. The van der Waals surface area contributed by atoms with Gasteiger partial charge in [-0.1, -0.05) is 0 Å². The number of hydrogen-bond acceptors (Lipinski definition) is 5. The van der Waals surface area contributed by atoms with Crippen LogP contribution in [-0.2, 0) is 4.74 Å². The van der Waals surface area contributed by atoms with E-state index in [-0.39, 0.29) is 11.7 Å². The molecule has 0 aliphatic carbocycles. The molecule has 1 aliphatic rings. The lowest BCUT2D eigenvalue weighted by atomic mass is 10.1. The van der Waals surface area contributed by atoms with Gasteiger partial charge in [0.15, 0.2) is 0 Å². The van der Waals surface area contributed by atoms with Gasteiger partial charge in [0.05, 0.1) is 23.2 Å². The van der Waals surface area contributed by atoms with Crippen LogP contribution in [0.1, 0.15) is 18.4 Å². The van der Waals surface area contributed by atoms with E-state index in [0.29, 0.717) is 17.9 Å². The number of nitro groups is 1. The van der Waals surface area contributed by atoms with Gasteiger partial charge in [0.25, 0.3) is 5.69 Å². The van der Waals surface area contributed by atoms with E-state index in [1.54, 1.807) is 0 Å². The maximum absolute atomic E-state index is 10.9. The Morgan fingerprint density at radius 2 is 2.39 bits per heavy atom. The fraction of sp³-hybridized carbons (Fsp3) is 0.417. The van der Waals surface area contributed by atoms with E-state index in [0.717, 1.165) is 19.4 Å². The first-order valence-electron chi connectivity index (χ1n) is 5.73. The lowest BCUT2D eigenvalue weighted by Gasteiger charge is -2.24. The zero-order valence-electron chi connectivity index (χ0n) is 9.76. The number of hydrogen-bond donors (Lipinski definition) is 1. The van der Waals surface area contributed by atoms with Gasteiger partial charge in [-0.3, -0.25) is 10.1 Å². The highest BCUT2D eigenvalue weighted by Gasteiger charge is 2.19. The van der Waals surface area contributed by atoms with Gasteiger partial charge >= 0.3 is 0 Å². The smallest absolute Gasteiger partial charge is 0.292 e. The molecule has 1 N–H and O–H groups in total. The van der Waals surface area contributed by atoms with Gasteiger partial charge in [0.2, 0.25) is 0 Å². The first kappa shape index (κ1) is 12.3. The summed E-state index contributed by atoms with van der Waals surface area (Å²) in [7, 11) is 0. The summed E-state index contributed by atoms with van der Waals surface area (Å²) in [6, 6.07) is 6.34. The van der Waals surface area contributed by atoms with Crippen LogP contribution in [0.2, 0.25) is 0 Å². The van der Waals surface area contributed by atoms with Crippen LogP contribution in [0, 0.1) is 21.4 Å². The SMILES string of the molecule is N#Cc1ccc([N+](=O)[O-])c(NC2CCCOC2)c1. The molecule has 0 spiro atoms. The summed E-state index contributed by atoms with van der Waals surface area (Å²) in [4.78, 5) is 10.5. The number of anilines is 1. The van der Waals surface area contributed by atoms with Crippen LogP contribution in [0.5, 0.6) is 0 Å². The Balaban J connectivity index is 2.23. The maximum atomic E-state index is 10.9. The van der Waals surface area contributed by atoms with E-state index in [2.05, 4.69) is 5.32 Å². The van der Waals surface area contributed by atoms with Gasteiger partial charge in [0, 0.05) is 18.7 Å². The van der Waals surface area contributed by atoms with Crippen molar-refractivity contribution in [1.29, 1.82) is 5.26 Å². The van der Waals surface area contributed by atoms with Crippen LogP contribution in [0.25, 0.3) is 0 Å². The van der Waals surface area contributed by atoms with Gasteiger partial charge in [-0.05, 0) is 25.0 Å². The Labute approximate surface area is 104 Å². The third-order valence-corrected chi connectivity index (χ3v) is 2.84. The first-order chi connectivity index (χ1) is 8.70. The van der Waals surface area contributed by atoms with Crippen molar-refractivity contribution in [1.82, 2.24) is 0 Å². The molecule has 6 nitrogen and oxygen atoms in total. The van der Waals surface area contributed by atoms with Gasteiger partial charge in [-0.2, -0.15) is 5.26 Å². The van der Waals surface area contributed by atoms with Gasteiger partial charge < -0.3 is 10.1 Å². The second-order valence-corrected chi connectivity index (χ2v) is 4.16. The summed E-state index contributed by atoms with van der Waals surface area (Å²) in [5, 5.41) is 22.8. The maximum Gasteiger partial charge on any atom is 0.292 e. The third-order valence-electron chi connectivity index (χ3n) is 2.84. The molecular formula is C12H13N3O3. The Hall–Kier alpha value is -2.13. The number of nitro benzene ring substituents is 1. The van der Waals surface area contributed by atoms with Crippen molar-refractivity contribution >= 4 is 11.4 Å². The molecule has 1 aliphatic heterocycles. The molecule has 0 amide bonds. The minimum atomic E-state index is -0.451. The van der Waals surface area contributed by atoms with Gasteiger partial charge in [-0.25, -0.2) is 0 Å². The number of nitriles is 1. The minimum Gasteiger partial charge on any atom is -0.379 e. The second kappa shape index (κ2) is 5.47. The molecule has 1 aromatic carbocycles. The largest absolute Gasteiger partial charge is 0.379 e. The predicted octanol–water partition coefficient (Wildman–Crippen LogP) is 2.06. The number of nitrogens with one attached hydrogen (secondary N) is 1. The molecule has 0 saturated carbocycles. The molecule has 2 rings (SSSR count). The summed E-state index contributed by atoms with van der Waals surface area (Å²) < 4.78 is 5.31. The number of ether oxygens (including phenoxy) is 1. The Morgan fingerprint density at radius 3 is 3.00 bits per heavy atom. The quantitative estimate of drug-likeness (QED) is 0.652. The molecule has 1 aromatic rings. The van der Waals surface area contributed by atoms with Crippen molar-refractivity contribution in [2.24, 2.45) is 0 Å². The molecule has 1 saturated heterocycles. The fourth-order valence-corrected chi connectivity index (χ4v) is 1.95. The Morgan fingerprint density at radius 1 is 1.56 bits per heavy atom. The first-order valence-corrected chi connectivity index (χ1v) is 5.73. The lowest BCUT2D eigenvalue weighted by Crippen LogP contribution is -2.30. The summed E-state index contributed by atoms with van der Waals surface area (Å²) in [5.74, 6) is 0. The predicted molar refractivity (Wildman–Crippen MR) is 65.3 cm³/mol. The molecular weight excluding hydrogens is 234 g/mol. The third kappa shape index (κ3) is 2.76. The number of rotatable bonds is 3. The van der Waals surface area contributed by atoms with E-state index in [4.69, 9.17) is 10.00 Å². The highest BCUT2D eigenvalue weighted by molar-refractivity contribution is 5.64. The minimum absolute atomic E-state index is 0.0143. The van der Waals surface area contributed by atoms with Crippen molar-refractivity contribution in [2.45, 2.75) is 18.9 Å². The normalized spacial score (nSPS) is 18.9. The molecule has 1 fully saturated rings. The highest BCUT2D eigenvalue weighted by Crippen LogP contribution is 2.27. The molecule has 0 radical (unpaired) electrons. The molecule has 1 unspecified atom stereocenters. The summed E-state index contributed by atoms with van der Waals surface area (Å²) in [6.45, 7) is 1.27. The Bertz CT molecular complexity index is 490. The van der Waals surface area contributed by atoms with E-state index < -0.39 is 4.92 Å². The average Bonchev–Trinajstić information content (AvgIpc) is 2.39. The standard InChI is InChI=1S/C12H13N3O3/c13-7-9-3-4-12(15(16)17)11(6-9)14-10-2-1-5-18-8-10/h3-4,6,10,14H,1-2,5,8H2. The number of nitrogens with zero attached hydrogens (tertiary/aromatic N) is 2. The van der Waals surface area contributed by atoms with E-state index in [1.165, 1.54) is 18.2 Å². The summed E-state index contributed by atoms with van der Waals surface area (Å²) >= 11 is 0. The van der Waals surface area contributed by atoms with Crippen LogP contribution < -0.4 is 5.32 Å². The van der Waals surface area contributed by atoms with Crippen molar-refractivity contribution in [2.75, 3.05) is 18.5 Å². The molecule has 0 bridgehead atoms. The lowest BCUT2D eigenvalue weighted by molar-refractivity contribution is -0.384. The summed E-state index contributed by atoms with van der Waals surface area (Å²) in [6.07, 6.45) is 1.84. The zero-order valence-corrected chi connectivity index (χ0v) is 9.76. The van der Waals surface area contributed by atoms with E-state index >= 15 is 0 Å². The Kier molecular flexibility index (Phi) is 3.75. The second-order valence-electron chi connectivity index (χ2n) is 4.16. The monoisotopic (exact) mass is 247 g/mol. The van der Waals surface area contributed by atoms with Crippen LogP contribution in [0.3, 0.4) is 0 Å². The van der Waals surface area contributed by atoms with Crippen molar-refractivity contribution in [3.63, 3.8) is 0 Å². The van der Waals surface area contributed by atoms with Crippen LogP contribution >= 0.6 is 0 Å². The molecule has 1 atom stereocenters. The fourth-order valence-electron chi connectivity index (χ4n) is 1.95. The highest BCUT2D eigenvalue weighted by atomic mass is 16.6. The van der Waals surface area contributed by atoms with Crippen LogP contribution in [0.15, 0.2) is 18.2 Å². The van der Waals surface area contributed by atoms with Crippen molar-refractivity contribution < 1.29 is 9.66 Å². The van der Waals surface area contributed by atoms with Crippen molar-refractivity contribution in [3.05, 3.63) is 33.9 Å². The average molecular weight is 247 g/mol. The van der Waals surface area contributed by atoms with E-state index in [9.17, 15) is 10.1 Å². The van der Waals surface area contributed by atoms with Gasteiger partial charge in [-0.15, -0.1) is 0 Å². The number of benzene rings is 1. The topological polar surface area (TPSA) is 88.2 Å². The van der Waals surface area contributed by atoms with Gasteiger partial charge in [0.1, 0.15) is 5.69 Å². The molecule has 6 heteroatoms. The summed E-state index contributed by atoms with van der Waals surface area (Å²) in [5.41, 5.74) is 0.772. The molecule has 94 valence electrons. The molecule has 0 aromatic heterocycles. The zero-order chi connectivity index (χ0) is 13.0. The molecule has 18 heavy (non-hydrogen) atoms. The van der Waals surface area contributed by atoms with Crippen LogP contribution in [-0.4, -0.2) is 24.2 Å². The van der Waals surface area contributed by atoms with Crippen LogP contribution in [0.4, 0.5) is 11.4 Å². The van der Waals surface area contributed by atoms with E-state index in [1.807, 2.05) is 6.07 Å². The van der Waals surface area contributed by atoms with Crippen molar-refractivity contribution in [3.8, 4) is 6.07 Å².